The fourth-order valence-corrected chi connectivity index (χ4v) is 1.71. The van der Waals surface area contributed by atoms with Gasteiger partial charge in [-0.3, -0.25) is 0 Å². The Hall–Kier alpha value is -1.80. The summed E-state index contributed by atoms with van der Waals surface area (Å²) in [6.07, 6.45) is -0.641. The topological polar surface area (TPSA) is 29.5 Å². The summed E-state index contributed by atoms with van der Waals surface area (Å²) in [4.78, 5) is 0. The van der Waals surface area contributed by atoms with E-state index >= 15 is 0 Å². The van der Waals surface area contributed by atoms with Crippen LogP contribution in [0.25, 0.3) is 0 Å². The summed E-state index contributed by atoms with van der Waals surface area (Å²) in [6, 6.07) is 17.1. The highest BCUT2D eigenvalue weighted by molar-refractivity contribution is 5.39. The van der Waals surface area contributed by atoms with Crippen LogP contribution in [0, 0.1) is 0 Å². The van der Waals surface area contributed by atoms with Crippen LogP contribution in [-0.4, -0.2) is 12.2 Å². The number of hydrogen-bond donors (Lipinski definition) is 1. The van der Waals surface area contributed by atoms with Crippen LogP contribution in [0.15, 0.2) is 54.6 Å². The molecule has 0 amide bonds. The van der Waals surface area contributed by atoms with Crippen molar-refractivity contribution in [2.24, 2.45) is 0 Å². The second kappa shape index (κ2) is 4.81. The summed E-state index contributed by atoms with van der Waals surface area (Å²) < 4.78 is 5.23. The molecule has 0 saturated heterocycles. The van der Waals surface area contributed by atoms with E-state index in [1.54, 1.807) is 7.11 Å². The lowest BCUT2D eigenvalue weighted by atomic mass is 10.0. The average Bonchev–Trinajstić information content (AvgIpc) is 2.39. The fraction of sp³-hybridized carbons (Fsp3) is 0.143. The van der Waals surface area contributed by atoms with Crippen LogP contribution in [0.1, 0.15) is 17.2 Å². The molecular formula is C14H14O2. The molecule has 0 unspecified atom stereocenters. The predicted molar refractivity (Wildman–Crippen MR) is 63.5 cm³/mol. The standard InChI is InChI=1S/C14H14O2/c1-16-13-10-6-5-9-12(13)14(15)11-7-3-2-4-8-11/h2-10,14-15H,1H3/t14-/m0/s1. The highest BCUT2D eigenvalue weighted by Gasteiger charge is 2.13. The molecule has 0 aliphatic heterocycles. The quantitative estimate of drug-likeness (QED) is 0.851. The van der Waals surface area contributed by atoms with Gasteiger partial charge in [0.25, 0.3) is 0 Å². The van der Waals surface area contributed by atoms with Gasteiger partial charge in [0, 0.05) is 5.56 Å². The van der Waals surface area contributed by atoms with Crippen LogP contribution in [0.2, 0.25) is 0 Å². The number of benzene rings is 2. The predicted octanol–water partition coefficient (Wildman–Crippen LogP) is 2.78. The van der Waals surface area contributed by atoms with Gasteiger partial charge in [0.1, 0.15) is 11.9 Å². The smallest absolute Gasteiger partial charge is 0.125 e. The summed E-state index contributed by atoms with van der Waals surface area (Å²) in [5.41, 5.74) is 1.66. The Morgan fingerprint density at radius 1 is 0.938 bits per heavy atom. The molecule has 2 rings (SSSR count). The Labute approximate surface area is 95.1 Å². The summed E-state index contributed by atoms with van der Waals surface area (Å²) >= 11 is 0. The van der Waals surface area contributed by atoms with Gasteiger partial charge in [-0.05, 0) is 11.6 Å². The first-order chi connectivity index (χ1) is 7.83. The molecule has 2 heteroatoms. The molecule has 0 aromatic heterocycles. The van der Waals surface area contributed by atoms with E-state index in [0.717, 1.165) is 11.1 Å². The van der Waals surface area contributed by atoms with Gasteiger partial charge in [0.05, 0.1) is 7.11 Å². The van der Waals surface area contributed by atoms with Gasteiger partial charge in [-0.1, -0.05) is 48.5 Å². The molecule has 1 atom stereocenters. The number of rotatable bonds is 3. The van der Waals surface area contributed by atoms with Crippen LogP contribution < -0.4 is 4.74 Å². The molecule has 1 N–H and O–H groups in total. The lowest BCUT2D eigenvalue weighted by molar-refractivity contribution is 0.214. The zero-order valence-electron chi connectivity index (χ0n) is 9.13. The normalized spacial score (nSPS) is 12.1. The third-order valence-electron chi connectivity index (χ3n) is 2.55. The molecule has 0 radical (unpaired) electrons. The van der Waals surface area contributed by atoms with Crippen molar-refractivity contribution in [3.05, 3.63) is 65.7 Å². The number of aliphatic hydroxyl groups is 1. The highest BCUT2D eigenvalue weighted by atomic mass is 16.5. The molecule has 16 heavy (non-hydrogen) atoms. The van der Waals surface area contributed by atoms with Crippen LogP contribution in [0.3, 0.4) is 0 Å². The lowest BCUT2D eigenvalue weighted by Crippen LogP contribution is -2.01. The Balaban J connectivity index is 2.37. The monoisotopic (exact) mass is 214 g/mol. The third-order valence-corrected chi connectivity index (χ3v) is 2.55. The van der Waals surface area contributed by atoms with E-state index < -0.39 is 6.10 Å². The number of hydrogen-bond acceptors (Lipinski definition) is 2. The maximum absolute atomic E-state index is 10.2. The van der Waals surface area contributed by atoms with Crippen molar-refractivity contribution in [3.8, 4) is 5.75 Å². The van der Waals surface area contributed by atoms with Crippen LogP contribution in [-0.2, 0) is 0 Å². The molecule has 0 bridgehead atoms. The Bertz CT molecular complexity index is 451. The van der Waals surface area contributed by atoms with E-state index in [0.29, 0.717) is 5.75 Å². The Kier molecular flexibility index (Phi) is 3.22. The molecule has 2 aromatic rings. The third kappa shape index (κ3) is 2.07. The van der Waals surface area contributed by atoms with E-state index in [4.69, 9.17) is 4.74 Å². The van der Waals surface area contributed by atoms with Gasteiger partial charge in [-0.25, -0.2) is 0 Å². The minimum absolute atomic E-state index is 0.641. The van der Waals surface area contributed by atoms with E-state index in [2.05, 4.69) is 0 Å². The Morgan fingerprint density at radius 3 is 2.25 bits per heavy atom. The maximum atomic E-state index is 10.2. The first-order valence-electron chi connectivity index (χ1n) is 5.19. The molecule has 0 aliphatic rings. The molecule has 82 valence electrons. The minimum atomic E-state index is -0.641. The van der Waals surface area contributed by atoms with E-state index in [-0.39, 0.29) is 0 Å². The maximum Gasteiger partial charge on any atom is 0.125 e. The second-order valence-corrected chi connectivity index (χ2v) is 3.56. The number of para-hydroxylation sites is 1. The van der Waals surface area contributed by atoms with Crippen molar-refractivity contribution in [1.29, 1.82) is 0 Å². The first kappa shape index (κ1) is 10.7. The van der Waals surface area contributed by atoms with E-state index in [1.165, 1.54) is 0 Å². The molecule has 0 aliphatic carbocycles. The van der Waals surface area contributed by atoms with Crippen LogP contribution >= 0.6 is 0 Å². The number of ether oxygens (including phenoxy) is 1. The SMILES string of the molecule is COc1ccccc1[C@@H](O)c1ccccc1. The van der Waals surface area contributed by atoms with Gasteiger partial charge in [-0.2, -0.15) is 0 Å². The lowest BCUT2D eigenvalue weighted by Gasteiger charge is -2.14. The molecule has 0 saturated carbocycles. The van der Waals surface area contributed by atoms with Crippen molar-refractivity contribution in [2.45, 2.75) is 6.10 Å². The molecule has 2 nitrogen and oxygen atoms in total. The van der Waals surface area contributed by atoms with Gasteiger partial charge in [0.2, 0.25) is 0 Å². The fourth-order valence-electron chi connectivity index (χ4n) is 1.71. The van der Waals surface area contributed by atoms with Crippen molar-refractivity contribution in [3.63, 3.8) is 0 Å². The van der Waals surface area contributed by atoms with Gasteiger partial charge in [0.15, 0.2) is 0 Å². The number of methoxy groups -OCH3 is 1. The zero-order valence-corrected chi connectivity index (χ0v) is 9.13. The Morgan fingerprint density at radius 2 is 1.56 bits per heavy atom. The summed E-state index contributed by atoms with van der Waals surface area (Å²) in [5, 5.41) is 10.2. The average molecular weight is 214 g/mol. The molecular weight excluding hydrogens is 200 g/mol. The molecule has 0 spiro atoms. The van der Waals surface area contributed by atoms with E-state index in [1.807, 2.05) is 54.6 Å². The summed E-state index contributed by atoms with van der Waals surface area (Å²) in [5.74, 6) is 0.707. The molecule has 0 heterocycles. The van der Waals surface area contributed by atoms with Gasteiger partial charge >= 0.3 is 0 Å². The molecule has 0 fully saturated rings. The van der Waals surface area contributed by atoms with Gasteiger partial charge < -0.3 is 9.84 Å². The van der Waals surface area contributed by atoms with Crippen molar-refractivity contribution in [1.82, 2.24) is 0 Å². The van der Waals surface area contributed by atoms with Crippen molar-refractivity contribution >= 4 is 0 Å². The largest absolute Gasteiger partial charge is 0.496 e. The molecule has 2 aromatic carbocycles. The van der Waals surface area contributed by atoms with Crippen LogP contribution in [0.5, 0.6) is 5.75 Å². The van der Waals surface area contributed by atoms with Crippen molar-refractivity contribution < 1.29 is 9.84 Å². The first-order valence-corrected chi connectivity index (χ1v) is 5.19. The second-order valence-electron chi connectivity index (χ2n) is 3.56. The summed E-state index contributed by atoms with van der Waals surface area (Å²) in [6.45, 7) is 0. The summed E-state index contributed by atoms with van der Waals surface area (Å²) in [7, 11) is 1.61. The number of aliphatic hydroxyl groups excluding tert-OH is 1. The van der Waals surface area contributed by atoms with Gasteiger partial charge in [-0.15, -0.1) is 0 Å². The van der Waals surface area contributed by atoms with Crippen LogP contribution in [0.4, 0.5) is 0 Å². The van der Waals surface area contributed by atoms with E-state index in [9.17, 15) is 5.11 Å². The van der Waals surface area contributed by atoms with Crippen molar-refractivity contribution in [2.75, 3.05) is 7.11 Å². The highest BCUT2D eigenvalue weighted by Crippen LogP contribution is 2.29. The minimum Gasteiger partial charge on any atom is -0.496 e. The zero-order chi connectivity index (χ0) is 11.4.